The minimum absolute atomic E-state index is 0.193. The van der Waals surface area contributed by atoms with Gasteiger partial charge in [-0.3, -0.25) is 14.2 Å². The van der Waals surface area contributed by atoms with Crippen LogP contribution in [0.1, 0.15) is 70.2 Å². The summed E-state index contributed by atoms with van der Waals surface area (Å²) in [5, 5.41) is 3.89. The van der Waals surface area contributed by atoms with Crippen LogP contribution in [-0.4, -0.2) is 60.1 Å². The van der Waals surface area contributed by atoms with Crippen LogP contribution in [0.5, 0.6) is 0 Å². The lowest BCUT2D eigenvalue weighted by Gasteiger charge is -2.36. The zero-order valence-electron chi connectivity index (χ0n) is 26.6. The Balaban J connectivity index is 0.000000269. The normalized spacial score (nSPS) is 13.1. The molecule has 44 heavy (non-hydrogen) atoms. The highest BCUT2D eigenvalue weighted by Crippen LogP contribution is 2.36. The van der Waals surface area contributed by atoms with Gasteiger partial charge in [0.05, 0.1) is 34.5 Å². The second-order valence-electron chi connectivity index (χ2n) is 11.9. The highest BCUT2D eigenvalue weighted by molar-refractivity contribution is 6.74. The van der Waals surface area contributed by atoms with Crippen molar-refractivity contribution < 1.29 is 14.0 Å². The van der Waals surface area contributed by atoms with Gasteiger partial charge in [0.25, 0.3) is 11.5 Å². The summed E-state index contributed by atoms with van der Waals surface area (Å²) in [5.41, 5.74) is 6.09. The molecule has 244 valence electrons. The first-order chi connectivity index (χ1) is 20.7. The van der Waals surface area contributed by atoms with Crippen molar-refractivity contribution in [1.29, 1.82) is 0 Å². The van der Waals surface area contributed by atoms with Crippen molar-refractivity contribution in [3.8, 4) is 0 Å². The second-order valence-corrected chi connectivity index (χ2v) is 17.5. The maximum Gasteiger partial charge on any atom is 0.328 e. The quantitative estimate of drug-likeness (QED) is 0.147. The molecule has 0 saturated carbocycles. The third-order valence-electron chi connectivity index (χ3n) is 7.42. The minimum atomic E-state index is -1.72. The van der Waals surface area contributed by atoms with E-state index in [4.69, 9.17) is 38.1 Å². The second kappa shape index (κ2) is 17.6. The molecule has 3 aromatic rings. The number of rotatable bonds is 9. The van der Waals surface area contributed by atoms with Crippen LogP contribution in [0.25, 0.3) is 10.9 Å². The number of anilines is 1. The number of carbonyl (C=O) groups is 1. The van der Waals surface area contributed by atoms with Crippen molar-refractivity contribution in [1.82, 2.24) is 24.8 Å². The molecule has 3 aromatic heterocycles. The first-order valence-electron chi connectivity index (χ1n) is 14.9. The number of H-pyrrole nitrogens is 1. The molecule has 0 aliphatic carbocycles. The van der Waals surface area contributed by atoms with E-state index in [9.17, 15) is 14.4 Å². The molecule has 0 spiro atoms. The fourth-order valence-electron chi connectivity index (χ4n) is 3.71. The third kappa shape index (κ3) is 11.6. The van der Waals surface area contributed by atoms with Gasteiger partial charge < -0.3 is 25.2 Å². The first kappa shape index (κ1) is 37.4. The summed E-state index contributed by atoms with van der Waals surface area (Å²) in [6.07, 6.45) is 7.80. The highest BCUT2D eigenvalue weighted by atomic mass is 35.5. The van der Waals surface area contributed by atoms with Gasteiger partial charge in [0, 0.05) is 32.9 Å². The van der Waals surface area contributed by atoms with Gasteiger partial charge in [-0.2, -0.15) is 0 Å². The summed E-state index contributed by atoms with van der Waals surface area (Å²) in [6.45, 7) is 16.6. The average Bonchev–Trinajstić information content (AvgIpc) is 3.55. The lowest BCUT2D eigenvalue weighted by atomic mass is 10.2. The van der Waals surface area contributed by atoms with E-state index in [1.54, 1.807) is 0 Å². The van der Waals surface area contributed by atoms with Crippen molar-refractivity contribution in [2.24, 2.45) is 0 Å². The van der Waals surface area contributed by atoms with Gasteiger partial charge in [0.2, 0.25) is 0 Å². The molecule has 0 radical (unpaired) electrons. The predicted molar refractivity (Wildman–Crippen MR) is 180 cm³/mol. The van der Waals surface area contributed by atoms with E-state index in [1.807, 2.05) is 6.92 Å². The Morgan fingerprint density at radius 1 is 1.11 bits per heavy atom. The van der Waals surface area contributed by atoms with Gasteiger partial charge in [0.1, 0.15) is 10.3 Å². The Kier molecular flexibility index (Phi) is 15.0. The molecular formula is C30H46Cl2N6O5Si. The number of amides is 1. The standard InChI is InChI=1S/C15H26ClN3O2Si.C11H12ClN3O2.C4H8O/c1-15(2,3)22(4,5)21-8-6-7-18-14(20)11-9-13(16)19-10-12(11)17;1-2-3-4-15-10(16)7-5-9(12)13-6-8(7)14-11(15)17;1-2-4-5-3-1/h9-10H,6-8,17H2,1-5H3,(H,18,20);5-6H,2-4H2,1H3,(H,14,17);1-4H2. The number of nitrogens with two attached hydrogens (primary N) is 1. The monoisotopic (exact) mass is 668 g/mol. The van der Waals surface area contributed by atoms with Gasteiger partial charge in [-0.1, -0.05) is 57.3 Å². The van der Waals surface area contributed by atoms with Crippen molar-refractivity contribution in [3.63, 3.8) is 0 Å². The largest absolute Gasteiger partial charge is 0.417 e. The Morgan fingerprint density at radius 3 is 2.34 bits per heavy atom. The number of hydrogen-bond donors (Lipinski definition) is 3. The zero-order valence-corrected chi connectivity index (χ0v) is 29.1. The molecule has 1 aliphatic heterocycles. The maximum absolute atomic E-state index is 12.1. The molecule has 0 aromatic carbocycles. The van der Waals surface area contributed by atoms with Crippen LogP contribution in [0, 0.1) is 0 Å². The molecule has 11 nitrogen and oxygen atoms in total. The van der Waals surface area contributed by atoms with Crippen molar-refractivity contribution in [2.45, 2.75) is 84.5 Å². The van der Waals surface area contributed by atoms with Crippen molar-refractivity contribution in [3.05, 3.63) is 61.2 Å². The van der Waals surface area contributed by atoms with Gasteiger partial charge in [-0.25, -0.2) is 14.8 Å². The molecule has 4 N–H and O–H groups in total. The summed E-state index contributed by atoms with van der Waals surface area (Å²) in [6, 6.07) is 2.94. The summed E-state index contributed by atoms with van der Waals surface area (Å²) in [5.74, 6) is -0.242. The fourth-order valence-corrected chi connectivity index (χ4v) is 5.11. The molecule has 1 fully saturated rings. The molecule has 4 heterocycles. The highest BCUT2D eigenvalue weighted by Gasteiger charge is 2.36. The molecule has 0 atom stereocenters. The lowest BCUT2D eigenvalue weighted by molar-refractivity contribution is 0.0952. The van der Waals surface area contributed by atoms with E-state index < -0.39 is 14.0 Å². The van der Waals surface area contributed by atoms with E-state index in [0.29, 0.717) is 41.9 Å². The summed E-state index contributed by atoms with van der Waals surface area (Å²) in [7, 11) is -1.72. The van der Waals surface area contributed by atoms with Crippen LogP contribution >= 0.6 is 23.2 Å². The van der Waals surface area contributed by atoms with Crippen LogP contribution in [0.3, 0.4) is 0 Å². The summed E-state index contributed by atoms with van der Waals surface area (Å²) >= 11 is 11.5. The number of pyridine rings is 2. The Hall–Kier alpha value is -2.77. The van der Waals surface area contributed by atoms with Crippen LogP contribution in [0.2, 0.25) is 28.4 Å². The van der Waals surface area contributed by atoms with E-state index >= 15 is 0 Å². The fraction of sp³-hybridized carbons (Fsp3) is 0.567. The Bertz CT molecular complexity index is 1480. The SMILES string of the molecule is C1CCOC1.CC(C)(C)[Si](C)(C)OCCCNC(=O)c1cc(Cl)ncc1N.CCCCn1c(=O)[nH]c2cnc(Cl)cc2c1=O. The predicted octanol–water partition coefficient (Wildman–Crippen LogP) is 5.79. The number of aromatic amines is 1. The number of carbonyl (C=O) groups excluding carboxylic acids is 1. The number of halogens is 2. The summed E-state index contributed by atoms with van der Waals surface area (Å²) < 4.78 is 12.2. The number of aromatic nitrogens is 4. The van der Waals surface area contributed by atoms with Crippen LogP contribution in [0.4, 0.5) is 5.69 Å². The number of hydrogen-bond acceptors (Lipinski definition) is 8. The van der Waals surface area contributed by atoms with Gasteiger partial charge in [-0.05, 0) is 55.9 Å². The molecule has 1 aliphatic rings. The number of nitrogen functional groups attached to an aromatic ring is 1. The van der Waals surface area contributed by atoms with E-state index in [1.165, 1.54) is 41.9 Å². The van der Waals surface area contributed by atoms with Crippen LogP contribution in [-0.2, 0) is 15.7 Å². The number of fused-ring (bicyclic) bond motifs is 1. The number of nitrogens with zero attached hydrogens (tertiary/aromatic N) is 3. The number of nitrogens with one attached hydrogen (secondary N) is 2. The summed E-state index contributed by atoms with van der Waals surface area (Å²) in [4.78, 5) is 46.1. The maximum atomic E-state index is 12.1. The smallest absolute Gasteiger partial charge is 0.328 e. The van der Waals surface area contributed by atoms with Gasteiger partial charge >= 0.3 is 5.69 Å². The minimum Gasteiger partial charge on any atom is -0.417 e. The van der Waals surface area contributed by atoms with Crippen molar-refractivity contribution in [2.75, 3.05) is 32.1 Å². The lowest BCUT2D eigenvalue weighted by Crippen LogP contribution is -2.41. The van der Waals surface area contributed by atoms with Crippen LogP contribution in [0.15, 0.2) is 34.1 Å². The van der Waals surface area contributed by atoms with Gasteiger partial charge in [-0.15, -0.1) is 0 Å². The molecule has 1 saturated heterocycles. The van der Waals surface area contributed by atoms with E-state index in [0.717, 1.165) is 32.5 Å². The van der Waals surface area contributed by atoms with E-state index in [2.05, 4.69) is 54.1 Å². The van der Waals surface area contributed by atoms with E-state index in [-0.39, 0.29) is 26.8 Å². The van der Waals surface area contributed by atoms with Crippen LogP contribution < -0.4 is 22.3 Å². The Morgan fingerprint density at radius 2 is 1.75 bits per heavy atom. The molecular weight excluding hydrogens is 623 g/mol. The Labute approximate surface area is 270 Å². The molecule has 0 unspecified atom stereocenters. The topological polar surface area (TPSA) is 154 Å². The molecule has 14 heteroatoms. The first-order valence-corrected chi connectivity index (χ1v) is 18.5. The molecule has 1 amide bonds. The molecule has 4 rings (SSSR count). The molecule has 0 bridgehead atoms. The number of unbranched alkanes of at least 4 members (excludes halogenated alkanes) is 1. The van der Waals surface area contributed by atoms with Gasteiger partial charge in [0.15, 0.2) is 8.32 Å². The third-order valence-corrected chi connectivity index (χ3v) is 12.4. The van der Waals surface area contributed by atoms with Crippen molar-refractivity contribution >= 4 is 54.0 Å². The zero-order chi connectivity index (χ0) is 32.9. The average molecular weight is 670 g/mol. The number of ether oxygens (including phenoxy) is 1.